The zero-order valence-electron chi connectivity index (χ0n) is 24.1. The Kier molecular flexibility index (Phi) is 9.62. The van der Waals surface area contributed by atoms with Gasteiger partial charge in [-0.2, -0.15) is 0 Å². The lowest BCUT2D eigenvalue weighted by Gasteiger charge is -2.26. The fourth-order valence-electron chi connectivity index (χ4n) is 4.15. The van der Waals surface area contributed by atoms with E-state index in [0.29, 0.717) is 11.5 Å². The Hall–Kier alpha value is -3.44. The summed E-state index contributed by atoms with van der Waals surface area (Å²) in [6.45, 7) is 6.23. The molecule has 3 aromatic carbocycles. The van der Waals surface area contributed by atoms with Crippen LogP contribution >= 0.6 is 23.2 Å². The van der Waals surface area contributed by atoms with Gasteiger partial charge in [0.25, 0.3) is 10.0 Å². The number of ether oxygens (including phenoxy) is 1. The molecule has 0 saturated carbocycles. The molecule has 42 heavy (non-hydrogen) atoms. The van der Waals surface area contributed by atoms with E-state index >= 15 is 0 Å². The smallest absolute Gasteiger partial charge is 0.327 e. The molecule has 1 aromatic heterocycles. The van der Waals surface area contributed by atoms with Crippen molar-refractivity contribution < 1.29 is 17.9 Å². The Morgan fingerprint density at radius 2 is 1.57 bits per heavy atom. The number of hydrogen-bond acceptors (Lipinski definition) is 8. The van der Waals surface area contributed by atoms with Crippen LogP contribution in [0.3, 0.4) is 0 Å². The van der Waals surface area contributed by atoms with Gasteiger partial charge in [0.15, 0.2) is 0 Å². The second-order valence-corrected chi connectivity index (χ2v) is 13.7. The van der Waals surface area contributed by atoms with Crippen molar-refractivity contribution in [2.24, 2.45) is 0 Å². The van der Waals surface area contributed by atoms with Gasteiger partial charge in [0, 0.05) is 28.7 Å². The number of carbonyl (C=O) groups excluding carboxylic acids is 1. The van der Waals surface area contributed by atoms with Gasteiger partial charge in [-0.05, 0) is 94.2 Å². The second kappa shape index (κ2) is 12.8. The number of halogens is 2. The van der Waals surface area contributed by atoms with E-state index < -0.39 is 28.1 Å². The summed E-state index contributed by atoms with van der Waals surface area (Å²) in [5.74, 6) is -0.00817. The first-order valence-corrected chi connectivity index (χ1v) is 15.4. The molecule has 0 fully saturated rings. The van der Waals surface area contributed by atoms with Gasteiger partial charge in [0.2, 0.25) is 0 Å². The summed E-state index contributed by atoms with van der Waals surface area (Å²) in [6, 6.07) is 18.6. The van der Waals surface area contributed by atoms with Crippen molar-refractivity contribution in [3.63, 3.8) is 0 Å². The molecule has 0 saturated heterocycles. The first-order chi connectivity index (χ1) is 19.7. The minimum absolute atomic E-state index is 0.141. The molecule has 222 valence electrons. The molecular weight excluding hydrogens is 597 g/mol. The molecule has 0 unspecified atom stereocenters. The normalized spacial score (nSPS) is 12.0. The van der Waals surface area contributed by atoms with Crippen molar-refractivity contribution in [3.05, 3.63) is 76.8 Å². The summed E-state index contributed by atoms with van der Waals surface area (Å²) < 4.78 is 34.1. The minimum Gasteiger partial charge on any atom is -0.459 e. The van der Waals surface area contributed by atoms with Crippen LogP contribution in [0, 0.1) is 0 Å². The highest BCUT2D eigenvalue weighted by Crippen LogP contribution is 2.32. The van der Waals surface area contributed by atoms with Crippen LogP contribution in [0.2, 0.25) is 10.0 Å². The van der Waals surface area contributed by atoms with E-state index in [1.54, 1.807) is 39.0 Å². The molecule has 4 rings (SSSR count). The SMILES string of the molecule is CN(C)CCNc1ccc(-c2ccc3cc(N(CC(=O)OC(C)(C)C)S(=O)(=O)c4cc(Cl)cc(Cl)c4)ccc3c2)nn1. The average Bonchev–Trinajstić information content (AvgIpc) is 2.90. The number of likely N-dealkylation sites (N-methyl/N-ethyl adjacent to an activating group) is 1. The van der Waals surface area contributed by atoms with E-state index in [2.05, 4.69) is 20.4 Å². The number of fused-ring (bicyclic) bond motifs is 1. The Labute approximate surface area is 256 Å². The van der Waals surface area contributed by atoms with Crippen LogP contribution in [0.15, 0.2) is 71.6 Å². The standard InChI is InChI=1S/C30H33Cl2N5O4S/c1-30(2,3)41-29(38)19-37(42(39,40)26-17-23(31)16-24(32)18-26)25-9-8-20-14-22(7-6-21(20)15-25)27-10-11-28(35-34-27)33-12-13-36(4)5/h6-11,14-18H,12-13,19H2,1-5H3,(H,33,35). The molecule has 0 amide bonds. The Balaban J connectivity index is 1.66. The lowest BCUT2D eigenvalue weighted by Crippen LogP contribution is -2.39. The van der Waals surface area contributed by atoms with Gasteiger partial charge in [0.05, 0.1) is 16.3 Å². The van der Waals surface area contributed by atoms with Crippen molar-refractivity contribution in [3.8, 4) is 11.3 Å². The lowest BCUT2D eigenvalue weighted by atomic mass is 10.0. The van der Waals surface area contributed by atoms with Gasteiger partial charge in [-0.15, -0.1) is 10.2 Å². The fraction of sp³-hybridized carbons (Fsp3) is 0.300. The van der Waals surface area contributed by atoms with Crippen LogP contribution < -0.4 is 9.62 Å². The first-order valence-electron chi connectivity index (χ1n) is 13.2. The zero-order chi connectivity index (χ0) is 30.7. The predicted molar refractivity (Wildman–Crippen MR) is 169 cm³/mol. The van der Waals surface area contributed by atoms with E-state index in [-0.39, 0.29) is 20.6 Å². The Morgan fingerprint density at radius 1 is 0.905 bits per heavy atom. The van der Waals surface area contributed by atoms with Crippen molar-refractivity contribution in [1.82, 2.24) is 15.1 Å². The lowest BCUT2D eigenvalue weighted by molar-refractivity contribution is -0.152. The van der Waals surface area contributed by atoms with Gasteiger partial charge in [-0.25, -0.2) is 8.42 Å². The van der Waals surface area contributed by atoms with Crippen LogP contribution in [0.25, 0.3) is 22.0 Å². The van der Waals surface area contributed by atoms with E-state index in [1.165, 1.54) is 18.2 Å². The minimum atomic E-state index is -4.25. The highest BCUT2D eigenvalue weighted by molar-refractivity contribution is 7.92. The van der Waals surface area contributed by atoms with E-state index in [4.69, 9.17) is 27.9 Å². The van der Waals surface area contributed by atoms with Crippen LogP contribution in [-0.2, 0) is 19.6 Å². The molecule has 0 radical (unpaired) electrons. The van der Waals surface area contributed by atoms with Crippen LogP contribution in [0.5, 0.6) is 0 Å². The average molecular weight is 631 g/mol. The number of nitrogens with zero attached hydrogens (tertiary/aromatic N) is 4. The van der Waals surface area contributed by atoms with Crippen LogP contribution in [0.1, 0.15) is 20.8 Å². The number of anilines is 2. The molecule has 0 bridgehead atoms. The fourth-order valence-corrected chi connectivity index (χ4v) is 6.27. The van der Waals surface area contributed by atoms with Gasteiger partial charge >= 0.3 is 5.97 Å². The third-order valence-electron chi connectivity index (χ3n) is 6.05. The first kappa shape index (κ1) is 31.5. The Bertz CT molecular complexity index is 1670. The highest BCUT2D eigenvalue weighted by Gasteiger charge is 2.30. The largest absolute Gasteiger partial charge is 0.459 e. The van der Waals surface area contributed by atoms with Crippen LogP contribution in [0.4, 0.5) is 11.5 Å². The van der Waals surface area contributed by atoms with Crippen molar-refractivity contribution >= 4 is 61.5 Å². The van der Waals surface area contributed by atoms with Crippen LogP contribution in [-0.4, -0.2) is 68.8 Å². The molecule has 4 aromatic rings. The summed E-state index contributed by atoms with van der Waals surface area (Å²) in [6.07, 6.45) is 0. The monoisotopic (exact) mass is 629 g/mol. The van der Waals surface area contributed by atoms with E-state index in [9.17, 15) is 13.2 Å². The molecule has 0 aliphatic rings. The van der Waals surface area contributed by atoms with E-state index in [0.717, 1.165) is 33.7 Å². The summed E-state index contributed by atoms with van der Waals surface area (Å²) in [7, 11) is -0.237. The molecule has 0 aliphatic heterocycles. The number of rotatable bonds is 10. The molecule has 0 spiro atoms. The third kappa shape index (κ3) is 8.10. The highest BCUT2D eigenvalue weighted by atomic mass is 35.5. The van der Waals surface area contributed by atoms with Crippen molar-refractivity contribution in [1.29, 1.82) is 0 Å². The molecule has 0 aliphatic carbocycles. The summed E-state index contributed by atoms with van der Waals surface area (Å²) >= 11 is 12.2. The van der Waals surface area contributed by atoms with Gasteiger partial charge in [-0.1, -0.05) is 41.4 Å². The topological polar surface area (TPSA) is 105 Å². The number of nitrogens with one attached hydrogen (secondary N) is 1. The Morgan fingerprint density at radius 3 is 2.19 bits per heavy atom. The maximum atomic E-state index is 13.8. The second-order valence-electron chi connectivity index (χ2n) is 11.0. The number of aromatic nitrogens is 2. The van der Waals surface area contributed by atoms with Crippen molar-refractivity contribution in [2.45, 2.75) is 31.3 Å². The third-order valence-corrected chi connectivity index (χ3v) is 8.24. The van der Waals surface area contributed by atoms with Gasteiger partial charge in [-0.3, -0.25) is 9.10 Å². The molecule has 1 heterocycles. The van der Waals surface area contributed by atoms with E-state index in [1.807, 2.05) is 44.4 Å². The van der Waals surface area contributed by atoms with Crippen molar-refractivity contribution in [2.75, 3.05) is 43.4 Å². The maximum Gasteiger partial charge on any atom is 0.327 e. The van der Waals surface area contributed by atoms with Gasteiger partial charge < -0.3 is 15.0 Å². The predicted octanol–water partition coefficient (Wildman–Crippen LogP) is 6.11. The van der Waals surface area contributed by atoms with Gasteiger partial charge in [0.1, 0.15) is 18.0 Å². The maximum absolute atomic E-state index is 13.8. The summed E-state index contributed by atoms with van der Waals surface area (Å²) in [5, 5.41) is 13.8. The molecular formula is C30H33Cl2N5O4S. The molecule has 9 nitrogen and oxygen atoms in total. The number of carbonyl (C=O) groups is 1. The summed E-state index contributed by atoms with van der Waals surface area (Å²) in [4.78, 5) is 14.8. The zero-order valence-corrected chi connectivity index (χ0v) is 26.4. The number of sulfonamides is 1. The molecule has 12 heteroatoms. The number of hydrogen-bond donors (Lipinski definition) is 1. The quantitative estimate of drug-likeness (QED) is 0.209. The summed E-state index contributed by atoms with van der Waals surface area (Å²) in [5.41, 5.74) is 1.04. The molecule has 1 N–H and O–H groups in total. The molecule has 0 atom stereocenters. The number of esters is 1. The number of benzene rings is 3.